The number of hydrogen-bond donors (Lipinski definition) is 3. The summed E-state index contributed by atoms with van der Waals surface area (Å²) in [4.78, 5) is 82.3. The first kappa shape index (κ1) is 39.1. The lowest BCUT2D eigenvalue weighted by molar-refractivity contribution is -0.141. The summed E-state index contributed by atoms with van der Waals surface area (Å²) in [6.07, 6.45) is 2.65. The number of fused-ring (bicyclic) bond motifs is 1. The molecule has 5 rings (SSSR count). The Kier molecular flexibility index (Phi) is 11.4. The third-order valence-corrected chi connectivity index (χ3v) is 11.7. The van der Waals surface area contributed by atoms with E-state index < -0.39 is 48.1 Å². The van der Waals surface area contributed by atoms with Gasteiger partial charge in [-0.1, -0.05) is 39.0 Å². The maximum Gasteiger partial charge on any atom is 0.399 e. The molecule has 3 heterocycles. The molecule has 17 heteroatoms. The summed E-state index contributed by atoms with van der Waals surface area (Å²) in [6, 6.07) is 9.75. The molecule has 0 spiro atoms. The summed E-state index contributed by atoms with van der Waals surface area (Å²) in [7, 11) is -2.53. The molecule has 2 aromatic heterocycles. The van der Waals surface area contributed by atoms with Gasteiger partial charge >= 0.3 is 13.3 Å². The Hall–Kier alpha value is -4.08. The lowest BCUT2D eigenvalue weighted by Crippen LogP contribution is -2.58. The number of rotatable bonds is 11. The molecular formula is C35H40F2N5O7PS2. The third-order valence-electron chi connectivity index (χ3n) is 8.81. The van der Waals surface area contributed by atoms with Crippen LogP contribution < -0.4 is 10.2 Å². The van der Waals surface area contributed by atoms with Gasteiger partial charge in [-0.15, -0.1) is 22.7 Å². The molecule has 0 bridgehead atoms. The van der Waals surface area contributed by atoms with E-state index >= 15 is 0 Å². The van der Waals surface area contributed by atoms with E-state index in [-0.39, 0.29) is 41.6 Å². The van der Waals surface area contributed by atoms with E-state index in [0.29, 0.717) is 23.2 Å². The number of amides is 4. The number of likely N-dealkylation sites (tertiary alicyclic amines) is 1. The monoisotopic (exact) mass is 775 g/mol. The van der Waals surface area contributed by atoms with Gasteiger partial charge in [0.15, 0.2) is 0 Å². The van der Waals surface area contributed by atoms with Gasteiger partial charge < -0.3 is 29.8 Å². The van der Waals surface area contributed by atoms with Crippen LogP contribution in [0.5, 0.6) is 0 Å². The molecule has 278 valence electrons. The number of nitrogens with one attached hydrogen (secondary N) is 1. The second-order valence-electron chi connectivity index (χ2n) is 13.8. The quantitative estimate of drug-likeness (QED) is 0.159. The van der Waals surface area contributed by atoms with Crippen LogP contribution in [0.4, 0.5) is 14.5 Å². The fourth-order valence-corrected chi connectivity index (χ4v) is 8.02. The van der Waals surface area contributed by atoms with Crippen LogP contribution in [0.15, 0.2) is 60.1 Å². The molecule has 1 aliphatic rings. The van der Waals surface area contributed by atoms with E-state index in [9.17, 15) is 32.5 Å². The molecular weight excluding hydrogens is 736 g/mol. The number of thiazole rings is 1. The molecule has 3 N–H and O–H groups in total. The van der Waals surface area contributed by atoms with Gasteiger partial charge in [-0.2, -0.15) is 8.78 Å². The van der Waals surface area contributed by atoms with Crippen LogP contribution >= 0.6 is 30.3 Å². The molecule has 4 aromatic rings. The van der Waals surface area contributed by atoms with Crippen molar-refractivity contribution in [2.24, 2.45) is 5.41 Å². The molecule has 52 heavy (non-hydrogen) atoms. The van der Waals surface area contributed by atoms with Crippen molar-refractivity contribution >= 4 is 69.7 Å². The van der Waals surface area contributed by atoms with Crippen LogP contribution in [-0.4, -0.2) is 87.5 Å². The highest BCUT2D eigenvalue weighted by atomic mass is 32.1. The maximum atomic E-state index is 14.4. The molecule has 4 amide bonds. The van der Waals surface area contributed by atoms with E-state index in [2.05, 4.69) is 10.3 Å². The molecule has 1 saturated heterocycles. The van der Waals surface area contributed by atoms with Crippen molar-refractivity contribution in [3.8, 4) is 10.6 Å². The first-order chi connectivity index (χ1) is 24.3. The third kappa shape index (κ3) is 8.26. The SMILES string of the molecule is CN(C)C(=O)CCN(C(=O)[C@@H]1CCCN1C(=O)[C@@H](NC(=O)c1cc2cc(C(F)(F)P(=O)(O)O)ccc2s1)C(C)(C)C)c1cccc(-c2nccs2)c1. The van der Waals surface area contributed by atoms with Crippen LogP contribution in [0.3, 0.4) is 0 Å². The minimum Gasteiger partial charge on any atom is -0.349 e. The van der Waals surface area contributed by atoms with Crippen molar-refractivity contribution in [1.82, 2.24) is 20.1 Å². The lowest BCUT2D eigenvalue weighted by atomic mass is 9.85. The number of carbonyl (C=O) groups is 4. The molecule has 0 aliphatic carbocycles. The highest BCUT2D eigenvalue weighted by molar-refractivity contribution is 7.52. The van der Waals surface area contributed by atoms with Gasteiger partial charge in [0, 0.05) is 66.7 Å². The van der Waals surface area contributed by atoms with Gasteiger partial charge in [-0.05, 0) is 54.0 Å². The van der Waals surface area contributed by atoms with E-state index in [1.54, 1.807) is 53.2 Å². The molecule has 12 nitrogen and oxygen atoms in total. The Morgan fingerprint density at radius 1 is 1.10 bits per heavy atom. The predicted molar refractivity (Wildman–Crippen MR) is 196 cm³/mol. The Bertz CT molecular complexity index is 2030. The largest absolute Gasteiger partial charge is 0.399 e. The summed E-state index contributed by atoms with van der Waals surface area (Å²) < 4.78 is 40.6. The van der Waals surface area contributed by atoms with Crippen molar-refractivity contribution in [2.45, 2.75) is 57.8 Å². The van der Waals surface area contributed by atoms with E-state index in [1.807, 2.05) is 17.5 Å². The summed E-state index contributed by atoms with van der Waals surface area (Å²) in [6.45, 7) is 5.65. The zero-order chi connectivity index (χ0) is 38.2. The fourth-order valence-electron chi connectivity index (χ4n) is 5.96. The van der Waals surface area contributed by atoms with E-state index in [1.165, 1.54) is 38.2 Å². The Morgan fingerprint density at radius 3 is 2.46 bits per heavy atom. The zero-order valence-electron chi connectivity index (χ0n) is 29.2. The minimum absolute atomic E-state index is 0.0508. The number of alkyl halides is 2. The number of anilines is 1. The second-order valence-corrected chi connectivity index (χ2v) is 17.5. The van der Waals surface area contributed by atoms with Crippen LogP contribution in [0.2, 0.25) is 0 Å². The van der Waals surface area contributed by atoms with E-state index in [0.717, 1.165) is 34.0 Å². The minimum atomic E-state index is -5.80. The topological polar surface area (TPSA) is 160 Å². The van der Waals surface area contributed by atoms with Crippen molar-refractivity contribution in [3.63, 3.8) is 0 Å². The number of aromatic nitrogens is 1. The summed E-state index contributed by atoms with van der Waals surface area (Å²) in [5, 5.41) is 5.59. The highest BCUT2D eigenvalue weighted by Crippen LogP contribution is 2.59. The van der Waals surface area contributed by atoms with Gasteiger partial charge in [0.25, 0.3) is 5.91 Å². The number of benzene rings is 2. The molecule has 0 unspecified atom stereocenters. The van der Waals surface area contributed by atoms with Gasteiger partial charge in [-0.3, -0.25) is 23.7 Å². The first-order valence-corrected chi connectivity index (χ1v) is 19.7. The lowest BCUT2D eigenvalue weighted by Gasteiger charge is -2.36. The average molecular weight is 776 g/mol. The maximum absolute atomic E-state index is 14.4. The zero-order valence-corrected chi connectivity index (χ0v) is 31.7. The Morgan fingerprint density at radius 2 is 1.83 bits per heavy atom. The molecule has 1 aliphatic heterocycles. The normalized spacial score (nSPS) is 15.8. The first-order valence-electron chi connectivity index (χ1n) is 16.4. The van der Waals surface area contributed by atoms with Crippen molar-refractivity contribution < 1.29 is 42.3 Å². The smallest absolute Gasteiger partial charge is 0.349 e. The number of carbonyl (C=O) groups excluding carboxylic acids is 4. The standard InChI is InChI=1S/C35H40F2N5O7PS2/c1-34(2,3)29(39-30(44)27-20-22-18-23(11-12-26(22)52-27)35(36,37)50(47,48)49)33(46)42-15-7-10-25(42)32(45)41(16-13-28(43)40(4)5)24-9-6-8-21(19-24)31-38-14-17-51-31/h6,8-9,11-12,14,17-20,25,29H,7,10,13,15-16H2,1-5H3,(H,39,44)(H2,47,48,49)/t25-,29+/m0/s1. The van der Waals surface area contributed by atoms with Crippen LogP contribution in [-0.2, 0) is 24.6 Å². The number of hydrogen-bond acceptors (Lipinski definition) is 8. The number of halogens is 2. The summed E-state index contributed by atoms with van der Waals surface area (Å²) >= 11 is 2.42. The molecule has 1 fully saturated rings. The van der Waals surface area contributed by atoms with Gasteiger partial charge in [0.05, 0.1) is 4.88 Å². The highest BCUT2D eigenvalue weighted by Gasteiger charge is 2.50. The number of nitrogens with zero attached hydrogens (tertiary/aromatic N) is 4. The van der Waals surface area contributed by atoms with Crippen LogP contribution in [0.1, 0.15) is 55.3 Å². The van der Waals surface area contributed by atoms with Crippen molar-refractivity contribution in [2.75, 3.05) is 32.1 Å². The average Bonchev–Trinajstić information content (AvgIpc) is 3.87. The molecule has 2 aromatic carbocycles. The van der Waals surface area contributed by atoms with Crippen LogP contribution in [0, 0.1) is 5.41 Å². The van der Waals surface area contributed by atoms with Gasteiger partial charge in [-0.25, -0.2) is 4.98 Å². The summed E-state index contributed by atoms with van der Waals surface area (Å²) in [5.74, 6) is -1.65. The van der Waals surface area contributed by atoms with E-state index in [4.69, 9.17) is 9.79 Å². The Labute approximate surface area is 307 Å². The number of thiophene rings is 1. The van der Waals surface area contributed by atoms with Gasteiger partial charge in [0.1, 0.15) is 17.1 Å². The summed E-state index contributed by atoms with van der Waals surface area (Å²) in [5.41, 5.74) is -4.78. The predicted octanol–water partition coefficient (Wildman–Crippen LogP) is 5.90. The van der Waals surface area contributed by atoms with Crippen molar-refractivity contribution in [3.05, 3.63) is 70.5 Å². The molecule has 2 atom stereocenters. The second kappa shape index (κ2) is 15.1. The van der Waals surface area contributed by atoms with Crippen LogP contribution in [0.25, 0.3) is 20.7 Å². The Balaban J connectivity index is 1.40. The molecule has 0 saturated carbocycles. The van der Waals surface area contributed by atoms with Gasteiger partial charge in [0.2, 0.25) is 17.7 Å². The fraction of sp³-hybridized carbons (Fsp3) is 0.400. The molecule has 0 radical (unpaired) electrons. The van der Waals surface area contributed by atoms with Crippen molar-refractivity contribution in [1.29, 1.82) is 0 Å².